The van der Waals surface area contributed by atoms with Gasteiger partial charge >= 0.3 is 5.97 Å². The number of halogens is 3. The molecule has 1 saturated carbocycles. The van der Waals surface area contributed by atoms with Crippen molar-refractivity contribution in [2.45, 2.75) is 29.2 Å². The van der Waals surface area contributed by atoms with Crippen LogP contribution in [-0.2, 0) is 15.6 Å². The van der Waals surface area contributed by atoms with Crippen LogP contribution in [0.2, 0.25) is 0 Å². The predicted octanol–water partition coefficient (Wildman–Crippen LogP) is 2.45. The second-order valence-corrected chi connectivity index (χ2v) is 7.61. The number of H-pyrrole nitrogens is 1. The molecule has 0 spiro atoms. The molecule has 0 unspecified atom stereocenters. The standard InChI is InChI=1S/C15H13F3N2O4S/c16-11-4-2-1-3-10(11)14(7-15(17,18)8-14)20-25(23,24)9-5-12(13(21)22)19-6-9/h1-6,19-20H,7-8H2,(H,21,22). The van der Waals surface area contributed by atoms with Crippen molar-refractivity contribution < 1.29 is 31.5 Å². The first-order valence-corrected chi connectivity index (χ1v) is 8.62. The molecule has 1 fully saturated rings. The van der Waals surface area contributed by atoms with Gasteiger partial charge in [-0.15, -0.1) is 0 Å². The molecule has 0 bridgehead atoms. The van der Waals surface area contributed by atoms with Crippen molar-refractivity contribution in [3.05, 3.63) is 53.6 Å². The fourth-order valence-corrected chi connectivity index (χ4v) is 4.34. The third-order valence-electron chi connectivity index (χ3n) is 4.04. The number of benzene rings is 1. The van der Waals surface area contributed by atoms with Gasteiger partial charge in [0.05, 0.1) is 5.54 Å². The number of hydrogen-bond acceptors (Lipinski definition) is 3. The largest absolute Gasteiger partial charge is 0.477 e. The van der Waals surface area contributed by atoms with Gasteiger partial charge in [0, 0.05) is 24.6 Å². The van der Waals surface area contributed by atoms with Gasteiger partial charge in [-0.05, 0) is 12.1 Å². The van der Waals surface area contributed by atoms with Gasteiger partial charge in [0.1, 0.15) is 16.4 Å². The molecule has 2 aromatic rings. The molecule has 1 heterocycles. The number of hydrogen-bond donors (Lipinski definition) is 3. The number of aromatic carboxylic acids is 1. The Labute approximate surface area is 140 Å². The molecule has 1 aliphatic carbocycles. The molecule has 0 aliphatic heterocycles. The van der Waals surface area contributed by atoms with Crippen molar-refractivity contribution in [1.82, 2.24) is 9.71 Å². The van der Waals surface area contributed by atoms with E-state index in [9.17, 15) is 26.4 Å². The smallest absolute Gasteiger partial charge is 0.352 e. The van der Waals surface area contributed by atoms with Crippen LogP contribution in [-0.4, -0.2) is 30.4 Å². The minimum atomic E-state index is -4.35. The van der Waals surface area contributed by atoms with Crippen LogP contribution in [0.5, 0.6) is 0 Å². The van der Waals surface area contributed by atoms with Crippen LogP contribution in [0.3, 0.4) is 0 Å². The zero-order valence-corrected chi connectivity index (χ0v) is 13.4. The lowest BCUT2D eigenvalue weighted by atomic mass is 9.69. The molecular formula is C15H13F3N2O4S. The Morgan fingerprint density at radius 2 is 1.88 bits per heavy atom. The van der Waals surface area contributed by atoms with Gasteiger partial charge in [0.15, 0.2) is 0 Å². The second kappa shape index (κ2) is 5.60. The van der Waals surface area contributed by atoms with E-state index in [2.05, 4.69) is 9.71 Å². The van der Waals surface area contributed by atoms with Gasteiger partial charge in [0.2, 0.25) is 10.0 Å². The molecule has 25 heavy (non-hydrogen) atoms. The number of carboxylic acids is 1. The first-order valence-electron chi connectivity index (χ1n) is 7.13. The average Bonchev–Trinajstić information content (AvgIpc) is 2.95. The monoisotopic (exact) mass is 374 g/mol. The second-order valence-electron chi connectivity index (χ2n) is 5.93. The van der Waals surface area contributed by atoms with Gasteiger partial charge in [-0.2, -0.15) is 4.72 Å². The summed E-state index contributed by atoms with van der Waals surface area (Å²) in [6.45, 7) is 0. The number of aromatic nitrogens is 1. The van der Waals surface area contributed by atoms with Crippen LogP contribution >= 0.6 is 0 Å². The van der Waals surface area contributed by atoms with E-state index in [1.165, 1.54) is 18.2 Å². The Morgan fingerprint density at radius 1 is 1.24 bits per heavy atom. The number of aromatic amines is 1. The van der Waals surface area contributed by atoms with Crippen LogP contribution in [0.1, 0.15) is 28.9 Å². The van der Waals surface area contributed by atoms with E-state index in [4.69, 9.17) is 5.11 Å². The predicted molar refractivity (Wildman–Crippen MR) is 80.3 cm³/mol. The average molecular weight is 374 g/mol. The van der Waals surface area contributed by atoms with E-state index in [1.807, 2.05) is 0 Å². The van der Waals surface area contributed by atoms with E-state index < -0.39 is 51.0 Å². The summed E-state index contributed by atoms with van der Waals surface area (Å²) >= 11 is 0. The van der Waals surface area contributed by atoms with Gasteiger partial charge in [-0.1, -0.05) is 18.2 Å². The van der Waals surface area contributed by atoms with Crippen LogP contribution in [0.4, 0.5) is 13.2 Å². The SMILES string of the molecule is O=C(O)c1cc(S(=O)(=O)NC2(c3ccccc3F)CC(F)(F)C2)c[nH]1. The third-order valence-corrected chi connectivity index (χ3v) is 5.55. The summed E-state index contributed by atoms with van der Waals surface area (Å²) in [4.78, 5) is 12.7. The maximum atomic E-state index is 14.1. The summed E-state index contributed by atoms with van der Waals surface area (Å²) in [5, 5.41) is 8.84. The molecule has 1 aromatic carbocycles. The molecule has 3 rings (SSSR count). The van der Waals surface area contributed by atoms with Crippen molar-refractivity contribution in [2.75, 3.05) is 0 Å². The van der Waals surface area contributed by atoms with Crippen molar-refractivity contribution >= 4 is 16.0 Å². The molecule has 6 nitrogen and oxygen atoms in total. The molecule has 134 valence electrons. The number of carboxylic acid groups (broad SMARTS) is 1. The van der Waals surface area contributed by atoms with Crippen LogP contribution in [0.25, 0.3) is 0 Å². The maximum Gasteiger partial charge on any atom is 0.352 e. The summed E-state index contributed by atoms with van der Waals surface area (Å²) in [7, 11) is -4.35. The first kappa shape index (κ1) is 17.5. The summed E-state index contributed by atoms with van der Waals surface area (Å²) in [6, 6.07) is 5.94. The normalized spacial score (nSPS) is 18.5. The highest BCUT2D eigenvalue weighted by Crippen LogP contribution is 2.52. The van der Waals surface area contributed by atoms with Gasteiger partial charge < -0.3 is 10.1 Å². The fourth-order valence-electron chi connectivity index (χ4n) is 2.97. The minimum absolute atomic E-state index is 0.182. The van der Waals surface area contributed by atoms with E-state index in [0.29, 0.717) is 0 Å². The number of nitrogens with one attached hydrogen (secondary N) is 2. The van der Waals surface area contributed by atoms with Crippen molar-refractivity contribution in [3.8, 4) is 0 Å². The van der Waals surface area contributed by atoms with Crippen LogP contribution in [0.15, 0.2) is 41.4 Å². The minimum Gasteiger partial charge on any atom is -0.477 e. The summed E-state index contributed by atoms with van der Waals surface area (Å²) in [5.74, 6) is -5.31. The highest BCUT2D eigenvalue weighted by atomic mass is 32.2. The molecule has 0 radical (unpaired) electrons. The molecule has 3 N–H and O–H groups in total. The van der Waals surface area contributed by atoms with E-state index in [1.54, 1.807) is 0 Å². The molecular weight excluding hydrogens is 361 g/mol. The lowest BCUT2D eigenvalue weighted by Crippen LogP contribution is -2.60. The Kier molecular flexibility index (Phi) is 3.92. The van der Waals surface area contributed by atoms with Crippen molar-refractivity contribution in [2.24, 2.45) is 0 Å². The van der Waals surface area contributed by atoms with Crippen molar-refractivity contribution in [3.63, 3.8) is 0 Å². The topological polar surface area (TPSA) is 99.3 Å². The summed E-state index contributed by atoms with van der Waals surface area (Å²) < 4.78 is 68.2. The zero-order valence-electron chi connectivity index (χ0n) is 12.6. The number of carbonyl (C=O) groups is 1. The fraction of sp³-hybridized carbons (Fsp3) is 0.267. The molecule has 0 atom stereocenters. The van der Waals surface area contributed by atoms with E-state index in [0.717, 1.165) is 18.3 Å². The summed E-state index contributed by atoms with van der Waals surface area (Å²) in [6.07, 6.45) is -0.857. The van der Waals surface area contributed by atoms with Crippen LogP contribution in [0, 0.1) is 5.82 Å². The summed E-state index contributed by atoms with van der Waals surface area (Å²) in [5.41, 5.74) is -2.35. The number of sulfonamides is 1. The molecule has 1 aromatic heterocycles. The van der Waals surface area contributed by atoms with Crippen molar-refractivity contribution in [1.29, 1.82) is 0 Å². The van der Waals surface area contributed by atoms with Gasteiger partial charge in [-0.25, -0.2) is 26.4 Å². The maximum absolute atomic E-state index is 14.1. The zero-order chi connectivity index (χ0) is 18.5. The molecule has 1 aliphatic rings. The molecule has 0 saturated heterocycles. The lowest BCUT2D eigenvalue weighted by molar-refractivity contribution is -0.131. The van der Waals surface area contributed by atoms with Crippen LogP contribution < -0.4 is 4.72 Å². The first-order chi connectivity index (χ1) is 11.5. The highest BCUT2D eigenvalue weighted by Gasteiger charge is 2.60. The van der Waals surface area contributed by atoms with Gasteiger partial charge in [0.25, 0.3) is 5.92 Å². The van der Waals surface area contributed by atoms with E-state index >= 15 is 0 Å². The Hall–Kier alpha value is -2.33. The Morgan fingerprint density at radius 3 is 2.40 bits per heavy atom. The lowest BCUT2D eigenvalue weighted by Gasteiger charge is -2.47. The Balaban J connectivity index is 1.99. The molecule has 0 amide bonds. The number of rotatable bonds is 5. The number of alkyl halides is 2. The Bertz CT molecular complexity index is 932. The quantitative estimate of drug-likeness (QED) is 0.749. The van der Waals surface area contributed by atoms with Gasteiger partial charge in [-0.3, -0.25) is 0 Å². The third kappa shape index (κ3) is 3.14. The van der Waals surface area contributed by atoms with E-state index in [-0.39, 0.29) is 11.3 Å². The molecule has 10 heteroatoms. The highest BCUT2D eigenvalue weighted by molar-refractivity contribution is 7.89.